The molecule has 0 bridgehead atoms. The van der Waals surface area contributed by atoms with Crippen molar-refractivity contribution in [1.82, 2.24) is 10.2 Å². The van der Waals surface area contributed by atoms with E-state index in [-0.39, 0.29) is 5.82 Å². The summed E-state index contributed by atoms with van der Waals surface area (Å²) in [6, 6.07) is 7.97. The summed E-state index contributed by atoms with van der Waals surface area (Å²) in [5, 5.41) is 3.38. The number of hydrogen-bond acceptors (Lipinski definition) is 2. The molecule has 2 rings (SSSR count). The summed E-state index contributed by atoms with van der Waals surface area (Å²) in [6.45, 7) is 4.66. The topological polar surface area (TPSA) is 15.3 Å². The Morgan fingerprint density at radius 1 is 1.24 bits per heavy atom. The van der Waals surface area contributed by atoms with Gasteiger partial charge < -0.3 is 10.2 Å². The smallest absolute Gasteiger partial charge is 0.123 e. The van der Waals surface area contributed by atoms with Crippen LogP contribution in [-0.2, 0) is 0 Å². The summed E-state index contributed by atoms with van der Waals surface area (Å²) in [4.78, 5) is 2.67. The van der Waals surface area contributed by atoms with Gasteiger partial charge in [0.25, 0.3) is 0 Å². The van der Waals surface area contributed by atoms with Crippen LogP contribution in [0.15, 0.2) is 24.3 Å². The van der Waals surface area contributed by atoms with E-state index < -0.39 is 0 Å². The lowest BCUT2D eigenvalue weighted by atomic mass is 10.0. The molecule has 1 heterocycles. The zero-order valence-corrected chi connectivity index (χ0v) is 13.4. The van der Waals surface area contributed by atoms with Crippen LogP contribution in [0.25, 0.3) is 0 Å². The van der Waals surface area contributed by atoms with Crippen molar-refractivity contribution in [1.29, 1.82) is 0 Å². The first-order valence-corrected chi connectivity index (χ1v) is 8.41. The normalized spacial score (nSPS) is 22.0. The maximum Gasteiger partial charge on any atom is 0.123 e. The molecule has 0 spiro atoms. The number of nitrogens with zero attached hydrogens (tertiary/aromatic N) is 1. The van der Waals surface area contributed by atoms with Gasteiger partial charge in [-0.2, -0.15) is 0 Å². The maximum atomic E-state index is 13.0. The molecule has 1 N–H and O–H groups in total. The molecule has 21 heavy (non-hydrogen) atoms. The van der Waals surface area contributed by atoms with Crippen LogP contribution in [0.4, 0.5) is 4.39 Å². The summed E-state index contributed by atoms with van der Waals surface area (Å²) >= 11 is 0. The van der Waals surface area contributed by atoms with E-state index in [1.807, 2.05) is 19.2 Å². The molecule has 1 aliphatic rings. The van der Waals surface area contributed by atoms with E-state index in [1.54, 1.807) is 12.1 Å². The molecule has 1 fully saturated rings. The van der Waals surface area contributed by atoms with Gasteiger partial charge in [0.1, 0.15) is 5.82 Å². The summed E-state index contributed by atoms with van der Waals surface area (Å²) < 4.78 is 13.0. The first kappa shape index (κ1) is 16.4. The summed E-state index contributed by atoms with van der Waals surface area (Å²) in [5.41, 5.74) is 1.18. The number of hydrogen-bond donors (Lipinski definition) is 1. The van der Waals surface area contributed by atoms with Crippen LogP contribution < -0.4 is 5.32 Å². The van der Waals surface area contributed by atoms with Gasteiger partial charge in [0.2, 0.25) is 0 Å². The quantitative estimate of drug-likeness (QED) is 0.848. The van der Waals surface area contributed by atoms with Crippen LogP contribution in [0.1, 0.15) is 57.1 Å². The van der Waals surface area contributed by atoms with Gasteiger partial charge >= 0.3 is 0 Å². The number of rotatable bonds is 6. The van der Waals surface area contributed by atoms with Crippen molar-refractivity contribution in [2.24, 2.45) is 0 Å². The van der Waals surface area contributed by atoms with Gasteiger partial charge in [-0.3, -0.25) is 0 Å². The van der Waals surface area contributed by atoms with Gasteiger partial charge in [-0.25, -0.2) is 4.39 Å². The number of benzene rings is 1. The van der Waals surface area contributed by atoms with Crippen molar-refractivity contribution in [3.63, 3.8) is 0 Å². The van der Waals surface area contributed by atoms with E-state index in [0.29, 0.717) is 6.04 Å². The minimum Gasteiger partial charge on any atom is -0.313 e. The molecule has 0 amide bonds. The molecule has 1 aromatic carbocycles. The molecule has 2 unspecified atom stereocenters. The first-order chi connectivity index (χ1) is 10.2. The predicted octanol–water partition coefficient (Wildman–Crippen LogP) is 4.13. The highest BCUT2D eigenvalue weighted by Gasteiger charge is 2.20. The third kappa shape index (κ3) is 4.79. The Labute approximate surface area is 128 Å². The molecule has 2 nitrogen and oxygen atoms in total. The SMILES string of the molecule is CCC1CCCCCN1CCC(NC)c1ccc(F)cc1. The number of halogens is 1. The summed E-state index contributed by atoms with van der Waals surface area (Å²) in [6.07, 6.45) is 7.76. The Balaban J connectivity index is 1.93. The molecule has 1 saturated heterocycles. The van der Waals surface area contributed by atoms with E-state index in [2.05, 4.69) is 17.1 Å². The monoisotopic (exact) mass is 292 g/mol. The molecular formula is C18H29FN2. The van der Waals surface area contributed by atoms with Crippen LogP contribution in [0.5, 0.6) is 0 Å². The lowest BCUT2D eigenvalue weighted by molar-refractivity contribution is 0.185. The van der Waals surface area contributed by atoms with Crippen molar-refractivity contribution in [2.75, 3.05) is 20.1 Å². The van der Waals surface area contributed by atoms with Crippen molar-refractivity contribution < 1.29 is 4.39 Å². The fourth-order valence-electron chi connectivity index (χ4n) is 3.46. The maximum absolute atomic E-state index is 13.0. The molecule has 0 aliphatic carbocycles. The van der Waals surface area contributed by atoms with Crippen LogP contribution in [0.3, 0.4) is 0 Å². The minimum absolute atomic E-state index is 0.160. The second-order valence-electron chi connectivity index (χ2n) is 6.13. The van der Waals surface area contributed by atoms with Crippen molar-refractivity contribution in [3.05, 3.63) is 35.6 Å². The van der Waals surface area contributed by atoms with E-state index >= 15 is 0 Å². The molecule has 0 radical (unpaired) electrons. The fourth-order valence-corrected chi connectivity index (χ4v) is 3.46. The molecule has 1 aliphatic heterocycles. The van der Waals surface area contributed by atoms with Crippen molar-refractivity contribution >= 4 is 0 Å². The van der Waals surface area contributed by atoms with Gasteiger partial charge in [-0.05, 0) is 57.0 Å². The second-order valence-corrected chi connectivity index (χ2v) is 6.13. The van der Waals surface area contributed by atoms with E-state index in [9.17, 15) is 4.39 Å². The highest BCUT2D eigenvalue weighted by atomic mass is 19.1. The third-order valence-electron chi connectivity index (χ3n) is 4.80. The van der Waals surface area contributed by atoms with Crippen molar-refractivity contribution in [3.8, 4) is 0 Å². The molecule has 3 heteroatoms. The largest absolute Gasteiger partial charge is 0.313 e. The molecule has 118 valence electrons. The van der Waals surface area contributed by atoms with E-state index in [0.717, 1.165) is 19.0 Å². The molecular weight excluding hydrogens is 263 g/mol. The minimum atomic E-state index is -0.160. The Hall–Kier alpha value is -0.930. The highest BCUT2D eigenvalue weighted by molar-refractivity contribution is 5.19. The molecule has 0 saturated carbocycles. The van der Waals surface area contributed by atoms with Gasteiger partial charge in [0, 0.05) is 18.6 Å². The van der Waals surface area contributed by atoms with Gasteiger partial charge in [-0.1, -0.05) is 31.9 Å². The highest BCUT2D eigenvalue weighted by Crippen LogP contribution is 2.22. The van der Waals surface area contributed by atoms with Crippen LogP contribution in [0.2, 0.25) is 0 Å². The number of likely N-dealkylation sites (tertiary alicyclic amines) is 1. The zero-order chi connectivity index (χ0) is 15.1. The summed E-state index contributed by atoms with van der Waals surface area (Å²) in [7, 11) is 1.99. The van der Waals surface area contributed by atoms with E-state index in [1.165, 1.54) is 44.2 Å². The Bertz CT molecular complexity index is 404. The fraction of sp³-hybridized carbons (Fsp3) is 0.667. The second kappa shape index (κ2) is 8.50. The van der Waals surface area contributed by atoms with Crippen LogP contribution in [-0.4, -0.2) is 31.1 Å². The predicted molar refractivity (Wildman–Crippen MR) is 86.9 cm³/mol. The van der Waals surface area contributed by atoms with Crippen LogP contribution in [0, 0.1) is 5.82 Å². The molecule has 2 atom stereocenters. The standard InChI is InChI=1S/C18H29FN2/c1-3-17-7-5-4-6-13-21(17)14-12-18(20-2)15-8-10-16(19)11-9-15/h8-11,17-18,20H,3-7,12-14H2,1-2H3. The van der Waals surface area contributed by atoms with Crippen molar-refractivity contribution in [2.45, 2.75) is 57.5 Å². The Kier molecular flexibility index (Phi) is 6.65. The first-order valence-electron chi connectivity index (χ1n) is 8.41. The van der Waals surface area contributed by atoms with Gasteiger partial charge in [-0.15, -0.1) is 0 Å². The Morgan fingerprint density at radius 3 is 2.67 bits per heavy atom. The Morgan fingerprint density at radius 2 is 2.00 bits per heavy atom. The van der Waals surface area contributed by atoms with Gasteiger partial charge in [0.05, 0.1) is 0 Å². The summed E-state index contributed by atoms with van der Waals surface area (Å²) in [5.74, 6) is -0.160. The molecule has 0 aromatic heterocycles. The molecule has 1 aromatic rings. The van der Waals surface area contributed by atoms with E-state index in [4.69, 9.17) is 0 Å². The average Bonchev–Trinajstić information content (AvgIpc) is 2.74. The lowest BCUT2D eigenvalue weighted by Crippen LogP contribution is -2.36. The number of nitrogens with one attached hydrogen (secondary N) is 1. The van der Waals surface area contributed by atoms with Gasteiger partial charge in [0.15, 0.2) is 0 Å². The average molecular weight is 292 g/mol. The zero-order valence-electron chi connectivity index (χ0n) is 13.4. The lowest BCUT2D eigenvalue weighted by Gasteiger charge is -2.30. The van der Waals surface area contributed by atoms with Crippen LogP contribution >= 0.6 is 0 Å². The third-order valence-corrected chi connectivity index (χ3v) is 4.80.